The Kier molecular flexibility index (Phi) is 4.64. The first kappa shape index (κ1) is 16.9. The third-order valence-electron chi connectivity index (χ3n) is 3.14. The Morgan fingerprint density at radius 1 is 1.43 bits per heavy atom. The fourth-order valence-electron chi connectivity index (χ4n) is 1.97. The smallest absolute Gasteiger partial charge is 0.276 e. The predicted octanol–water partition coefficient (Wildman–Crippen LogP) is 2.45. The summed E-state index contributed by atoms with van der Waals surface area (Å²) in [5, 5.41) is 14.9. The number of anilines is 1. The van der Waals surface area contributed by atoms with E-state index in [1.165, 1.54) is 19.3 Å². The van der Waals surface area contributed by atoms with Crippen molar-refractivity contribution in [1.82, 2.24) is 9.78 Å². The van der Waals surface area contributed by atoms with Crippen molar-refractivity contribution >= 4 is 21.4 Å². The van der Waals surface area contributed by atoms with E-state index in [0.717, 1.165) is 18.6 Å². The molecule has 0 radical (unpaired) electrons. The van der Waals surface area contributed by atoms with Crippen molar-refractivity contribution < 1.29 is 17.7 Å². The molecule has 8 nitrogen and oxygen atoms in total. The van der Waals surface area contributed by atoms with E-state index in [1.54, 1.807) is 4.68 Å². The minimum Gasteiger partial charge on any atom is -0.276 e. The second-order valence-electron chi connectivity index (χ2n) is 4.90. The van der Waals surface area contributed by atoms with Gasteiger partial charge in [0.1, 0.15) is 5.82 Å². The number of nitrogens with one attached hydrogen (secondary N) is 1. The molecule has 0 aliphatic heterocycles. The molecule has 1 aromatic carbocycles. The summed E-state index contributed by atoms with van der Waals surface area (Å²) in [4.78, 5) is 9.56. The van der Waals surface area contributed by atoms with Crippen molar-refractivity contribution in [3.63, 3.8) is 0 Å². The average Bonchev–Trinajstić information content (AvgIpc) is 2.88. The van der Waals surface area contributed by atoms with Gasteiger partial charge in [-0.1, -0.05) is 6.92 Å². The van der Waals surface area contributed by atoms with Crippen molar-refractivity contribution in [3.05, 3.63) is 46.0 Å². The van der Waals surface area contributed by atoms with Gasteiger partial charge in [0.15, 0.2) is 0 Å². The Morgan fingerprint density at radius 2 is 2.13 bits per heavy atom. The molecule has 1 aromatic heterocycles. The number of hydrogen-bond acceptors (Lipinski definition) is 5. The summed E-state index contributed by atoms with van der Waals surface area (Å²) in [6, 6.07) is 1.58. The van der Waals surface area contributed by atoms with Gasteiger partial charge in [-0.3, -0.25) is 19.5 Å². The summed E-state index contributed by atoms with van der Waals surface area (Å²) in [7, 11) is -4.16. The van der Waals surface area contributed by atoms with Gasteiger partial charge in [0.25, 0.3) is 15.7 Å². The van der Waals surface area contributed by atoms with E-state index in [1.807, 2.05) is 6.92 Å². The van der Waals surface area contributed by atoms with Crippen molar-refractivity contribution in [2.45, 2.75) is 31.7 Å². The second kappa shape index (κ2) is 6.32. The molecule has 0 saturated carbocycles. The zero-order chi connectivity index (χ0) is 17.2. The molecular formula is C13H15FN4O4S. The van der Waals surface area contributed by atoms with Crippen molar-refractivity contribution in [2.75, 3.05) is 4.72 Å². The summed E-state index contributed by atoms with van der Waals surface area (Å²) in [5.41, 5.74) is -0.612. The van der Waals surface area contributed by atoms with Crippen molar-refractivity contribution in [1.29, 1.82) is 0 Å². The average molecular weight is 342 g/mol. The molecule has 23 heavy (non-hydrogen) atoms. The van der Waals surface area contributed by atoms with Gasteiger partial charge in [0.05, 0.1) is 27.3 Å². The minimum atomic E-state index is -4.16. The summed E-state index contributed by atoms with van der Waals surface area (Å²) in [6.45, 7) is 3.78. The number of nitrogens with zero attached hydrogens (tertiary/aromatic N) is 3. The normalized spacial score (nSPS) is 11.4. The maximum Gasteiger partial charge on any atom is 0.276 e. The third kappa shape index (κ3) is 3.65. The number of hydrogen-bond donors (Lipinski definition) is 1. The Labute approximate surface area is 132 Å². The predicted molar refractivity (Wildman–Crippen MR) is 81.1 cm³/mol. The lowest BCUT2D eigenvalue weighted by molar-refractivity contribution is -0.385. The zero-order valence-electron chi connectivity index (χ0n) is 12.5. The standard InChI is InChI=1S/C13H15FN4O4S/c1-3-4-17-8-10(7-15-17)16-23(21,22)11-5-12(14)9(2)13(6-11)18(19)20/h5-8,16H,3-4H2,1-2H3. The van der Waals surface area contributed by atoms with E-state index < -0.39 is 31.3 Å². The first-order valence-corrected chi connectivity index (χ1v) is 8.22. The number of sulfonamides is 1. The Balaban J connectivity index is 2.37. The monoisotopic (exact) mass is 342 g/mol. The van der Waals surface area contributed by atoms with E-state index in [-0.39, 0.29) is 11.3 Å². The Hall–Kier alpha value is -2.49. The third-order valence-corrected chi connectivity index (χ3v) is 4.50. The molecule has 0 amide bonds. The van der Waals surface area contributed by atoms with Crippen LogP contribution < -0.4 is 4.72 Å². The number of nitro groups is 1. The summed E-state index contributed by atoms with van der Waals surface area (Å²) >= 11 is 0. The first-order valence-electron chi connectivity index (χ1n) is 6.74. The summed E-state index contributed by atoms with van der Waals surface area (Å²) < 4.78 is 42.1. The topological polar surface area (TPSA) is 107 Å². The maximum absolute atomic E-state index is 13.8. The van der Waals surface area contributed by atoms with Gasteiger partial charge in [-0.15, -0.1) is 0 Å². The van der Waals surface area contributed by atoms with Crippen LogP contribution in [0, 0.1) is 22.9 Å². The molecule has 0 bridgehead atoms. The lowest BCUT2D eigenvalue weighted by Crippen LogP contribution is -2.13. The number of rotatable bonds is 6. The number of nitro benzene ring substituents is 1. The molecule has 0 aliphatic carbocycles. The molecule has 0 unspecified atom stereocenters. The highest BCUT2D eigenvalue weighted by molar-refractivity contribution is 7.92. The molecule has 1 N–H and O–H groups in total. The lowest BCUT2D eigenvalue weighted by atomic mass is 10.2. The Bertz CT molecular complexity index is 848. The fourth-order valence-corrected chi connectivity index (χ4v) is 3.03. The van der Waals surface area contributed by atoms with Gasteiger partial charge >= 0.3 is 0 Å². The molecule has 124 valence electrons. The van der Waals surface area contributed by atoms with Crippen LogP contribution in [0.1, 0.15) is 18.9 Å². The number of aromatic nitrogens is 2. The van der Waals surface area contributed by atoms with Gasteiger partial charge in [-0.05, 0) is 19.4 Å². The van der Waals surface area contributed by atoms with Crippen LogP contribution in [0.4, 0.5) is 15.8 Å². The van der Waals surface area contributed by atoms with Crippen LogP contribution in [0.3, 0.4) is 0 Å². The molecule has 0 aliphatic rings. The highest BCUT2D eigenvalue weighted by Crippen LogP contribution is 2.26. The number of benzene rings is 1. The van der Waals surface area contributed by atoms with Crippen LogP contribution in [0.5, 0.6) is 0 Å². The number of halogens is 1. The molecule has 1 heterocycles. The van der Waals surface area contributed by atoms with Crippen LogP contribution in [0.25, 0.3) is 0 Å². The van der Waals surface area contributed by atoms with Crippen LogP contribution >= 0.6 is 0 Å². The second-order valence-corrected chi connectivity index (χ2v) is 6.59. The van der Waals surface area contributed by atoms with E-state index in [9.17, 15) is 22.9 Å². The van der Waals surface area contributed by atoms with E-state index in [0.29, 0.717) is 6.54 Å². The van der Waals surface area contributed by atoms with Crippen molar-refractivity contribution in [3.8, 4) is 0 Å². The molecule has 0 fully saturated rings. The molecule has 2 rings (SSSR count). The minimum absolute atomic E-state index is 0.196. The first-order chi connectivity index (χ1) is 10.7. The Morgan fingerprint density at radius 3 is 2.74 bits per heavy atom. The molecular weight excluding hydrogens is 327 g/mol. The van der Waals surface area contributed by atoms with Crippen LogP contribution in [-0.4, -0.2) is 23.1 Å². The SMILES string of the molecule is CCCn1cc(NS(=O)(=O)c2cc(F)c(C)c([N+](=O)[O-])c2)cn1. The van der Waals surface area contributed by atoms with Gasteiger partial charge in [-0.2, -0.15) is 5.10 Å². The van der Waals surface area contributed by atoms with E-state index in [2.05, 4.69) is 9.82 Å². The molecule has 0 saturated heterocycles. The van der Waals surface area contributed by atoms with Crippen LogP contribution in [-0.2, 0) is 16.6 Å². The van der Waals surface area contributed by atoms with E-state index in [4.69, 9.17) is 0 Å². The highest BCUT2D eigenvalue weighted by Gasteiger charge is 2.23. The largest absolute Gasteiger partial charge is 0.276 e. The van der Waals surface area contributed by atoms with E-state index >= 15 is 0 Å². The van der Waals surface area contributed by atoms with Crippen molar-refractivity contribution in [2.24, 2.45) is 0 Å². The van der Waals surface area contributed by atoms with Crippen LogP contribution in [0.15, 0.2) is 29.4 Å². The molecule has 2 aromatic rings. The highest BCUT2D eigenvalue weighted by atomic mass is 32.2. The molecule has 0 spiro atoms. The zero-order valence-corrected chi connectivity index (χ0v) is 13.3. The quantitative estimate of drug-likeness (QED) is 0.641. The lowest BCUT2D eigenvalue weighted by Gasteiger charge is -2.07. The summed E-state index contributed by atoms with van der Waals surface area (Å²) in [6.07, 6.45) is 3.62. The molecule has 10 heteroatoms. The van der Waals surface area contributed by atoms with Gasteiger partial charge < -0.3 is 0 Å². The van der Waals surface area contributed by atoms with Gasteiger partial charge in [0.2, 0.25) is 0 Å². The van der Waals surface area contributed by atoms with Gasteiger partial charge in [-0.25, -0.2) is 12.8 Å². The van der Waals surface area contributed by atoms with Gasteiger partial charge in [0, 0.05) is 18.8 Å². The fraction of sp³-hybridized carbons (Fsp3) is 0.308. The summed E-state index contributed by atoms with van der Waals surface area (Å²) in [5.74, 6) is -0.957. The molecule has 0 atom stereocenters. The maximum atomic E-state index is 13.8. The van der Waals surface area contributed by atoms with Crippen LogP contribution in [0.2, 0.25) is 0 Å². The number of aryl methyl sites for hydroxylation is 1.